The summed E-state index contributed by atoms with van der Waals surface area (Å²) in [5.74, 6) is 4.04. The minimum atomic E-state index is 0.231. The molecule has 0 aliphatic heterocycles. The first-order chi connectivity index (χ1) is 8.29. The first-order valence-corrected chi connectivity index (χ1v) is 7.80. The predicted octanol–water partition coefficient (Wildman–Crippen LogP) is 3.03. The molecule has 0 aromatic rings. The molecule has 2 aliphatic rings. The van der Waals surface area contributed by atoms with Crippen LogP contribution in [0.1, 0.15) is 51.4 Å². The lowest BCUT2D eigenvalue weighted by Gasteiger charge is -2.21. The number of hydrogen-bond acceptors (Lipinski definition) is 2. The normalized spacial score (nSPS) is 30.8. The summed E-state index contributed by atoms with van der Waals surface area (Å²) in [6.07, 6.45) is 9.73. The van der Waals surface area contributed by atoms with E-state index in [9.17, 15) is 4.79 Å². The van der Waals surface area contributed by atoms with Crippen molar-refractivity contribution in [3.8, 4) is 0 Å². The van der Waals surface area contributed by atoms with Gasteiger partial charge in [0, 0.05) is 13.0 Å². The lowest BCUT2D eigenvalue weighted by Crippen LogP contribution is -2.26. The Morgan fingerprint density at radius 1 is 1.24 bits per heavy atom. The lowest BCUT2D eigenvalue weighted by molar-refractivity contribution is -0.121. The van der Waals surface area contributed by atoms with Gasteiger partial charge in [-0.15, -0.1) is 0 Å². The third-order valence-corrected chi connectivity index (χ3v) is 4.85. The molecular formula is C14H25NOS. The highest BCUT2D eigenvalue weighted by Crippen LogP contribution is 2.49. The number of nitrogens with one attached hydrogen (secondary N) is 1. The zero-order valence-electron chi connectivity index (χ0n) is 10.7. The number of hydrogen-bond donors (Lipinski definition) is 2. The summed E-state index contributed by atoms with van der Waals surface area (Å²) in [7, 11) is 0. The molecule has 2 nitrogen and oxygen atoms in total. The van der Waals surface area contributed by atoms with Gasteiger partial charge in [-0.1, -0.05) is 6.42 Å². The van der Waals surface area contributed by atoms with E-state index >= 15 is 0 Å². The van der Waals surface area contributed by atoms with E-state index in [-0.39, 0.29) is 5.91 Å². The molecule has 2 bridgehead atoms. The van der Waals surface area contributed by atoms with Crippen molar-refractivity contribution in [3.05, 3.63) is 0 Å². The average molecular weight is 255 g/mol. The van der Waals surface area contributed by atoms with Crippen molar-refractivity contribution in [2.24, 2.45) is 17.8 Å². The molecule has 2 aliphatic carbocycles. The quantitative estimate of drug-likeness (QED) is 0.531. The number of carbonyl (C=O) groups excluding carboxylic acids is 1. The fourth-order valence-electron chi connectivity index (χ4n) is 3.61. The van der Waals surface area contributed by atoms with Gasteiger partial charge in [0.15, 0.2) is 0 Å². The van der Waals surface area contributed by atoms with E-state index in [1.807, 2.05) is 0 Å². The minimum Gasteiger partial charge on any atom is -0.356 e. The fourth-order valence-corrected chi connectivity index (χ4v) is 3.84. The first-order valence-electron chi connectivity index (χ1n) is 7.17. The summed E-state index contributed by atoms with van der Waals surface area (Å²) >= 11 is 4.15. The zero-order valence-corrected chi connectivity index (χ0v) is 11.6. The van der Waals surface area contributed by atoms with Crippen molar-refractivity contribution in [1.29, 1.82) is 0 Å². The van der Waals surface area contributed by atoms with Gasteiger partial charge < -0.3 is 5.32 Å². The van der Waals surface area contributed by atoms with Crippen LogP contribution >= 0.6 is 12.6 Å². The second kappa shape index (κ2) is 6.67. The second-order valence-electron chi connectivity index (χ2n) is 5.75. The van der Waals surface area contributed by atoms with Crippen molar-refractivity contribution in [3.63, 3.8) is 0 Å². The van der Waals surface area contributed by atoms with E-state index in [0.717, 1.165) is 42.9 Å². The van der Waals surface area contributed by atoms with Crippen molar-refractivity contribution in [2.45, 2.75) is 51.4 Å². The molecule has 3 unspecified atom stereocenters. The molecule has 1 N–H and O–H groups in total. The lowest BCUT2D eigenvalue weighted by atomic mass is 9.86. The standard InChI is InChI=1S/C14H25NOS/c16-14(3-1-2-8-17)15-7-6-13-10-11-4-5-12(13)9-11/h11-13,17H,1-10H2,(H,15,16). The van der Waals surface area contributed by atoms with Gasteiger partial charge in [0.1, 0.15) is 0 Å². The number of fused-ring (bicyclic) bond motifs is 2. The third-order valence-electron chi connectivity index (χ3n) is 4.53. The number of amides is 1. The van der Waals surface area contributed by atoms with Crippen LogP contribution in [0.2, 0.25) is 0 Å². The Kier molecular flexibility index (Phi) is 5.20. The smallest absolute Gasteiger partial charge is 0.219 e. The maximum absolute atomic E-state index is 11.5. The largest absolute Gasteiger partial charge is 0.356 e. The number of rotatable bonds is 7. The van der Waals surface area contributed by atoms with E-state index in [1.54, 1.807) is 0 Å². The Bertz CT molecular complexity index is 257. The van der Waals surface area contributed by atoms with Crippen molar-refractivity contribution in [1.82, 2.24) is 5.32 Å². The van der Waals surface area contributed by atoms with Crippen LogP contribution in [-0.2, 0) is 4.79 Å². The molecule has 0 aromatic carbocycles. The van der Waals surface area contributed by atoms with E-state index in [0.29, 0.717) is 6.42 Å². The van der Waals surface area contributed by atoms with Crippen molar-refractivity contribution in [2.75, 3.05) is 12.3 Å². The van der Waals surface area contributed by atoms with Crippen LogP contribution in [0.4, 0.5) is 0 Å². The third kappa shape index (κ3) is 3.90. The van der Waals surface area contributed by atoms with E-state index in [2.05, 4.69) is 17.9 Å². The van der Waals surface area contributed by atoms with Crippen LogP contribution < -0.4 is 5.32 Å². The first kappa shape index (κ1) is 13.3. The Morgan fingerprint density at radius 3 is 2.76 bits per heavy atom. The van der Waals surface area contributed by atoms with Gasteiger partial charge in [0.2, 0.25) is 5.91 Å². The molecule has 0 aromatic heterocycles. The molecule has 1 amide bonds. The van der Waals surface area contributed by atoms with Crippen LogP contribution in [0.3, 0.4) is 0 Å². The summed E-state index contributed by atoms with van der Waals surface area (Å²) in [5, 5.41) is 3.06. The van der Waals surface area contributed by atoms with Gasteiger partial charge in [0.05, 0.1) is 0 Å². The highest BCUT2D eigenvalue weighted by molar-refractivity contribution is 7.80. The predicted molar refractivity (Wildman–Crippen MR) is 74.3 cm³/mol. The fraction of sp³-hybridized carbons (Fsp3) is 0.929. The molecule has 0 radical (unpaired) electrons. The summed E-state index contributed by atoms with van der Waals surface area (Å²) in [6, 6.07) is 0. The molecule has 3 atom stereocenters. The maximum atomic E-state index is 11.5. The molecule has 17 heavy (non-hydrogen) atoms. The maximum Gasteiger partial charge on any atom is 0.219 e. The van der Waals surface area contributed by atoms with E-state index < -0.39 is 0 Å². The summed E-state index contributed by atoms with van der Waals surface area (Å²) in [5.41, 5.74) is 0. The number of unbranched alkanes of at least 4 members (excludes halogenated alkanes) is 1. The molecule has 2 fully saturated rings. The highest BCUT2D eigenvalue weighted by atomic mass is 32.1. The van der Waals surface area contributed by atoms with Gasteiger partial charge in [-0.25, -0.2) is 0 Å². The van der Waals surface area contributed by atoms with Crippen LogP contribution in [0.15, 0.2) is 0 Å². The van der Waals surface area contributed by atoms with E-state index in [4.69, 9.17) is 0 Å². The van der Waals surface area contributed by atoms with Crippen molar-refractivity contribution >= 4 is 18.5 Å². The van der Waals surface area contributed by atoms with Gasteiger partial charge in [-0.3, -0.25) is 4.79 Å². The highest BCUT2D eigenvalue weighted by Gasteiger charge is 2.38. The molecule has 2 saturated carbocycles. The summed E-state index contributed by atoms with van der Waals surface area (Å²) < 4.78 is 0. The van der Waals surface area contributed by atoms with Crippen LogP contribution in [-0.4, -0.2) is 18.2 Å². The van der Waals surface area contributed by atoms with Gasteiger partial charge in [-0.2, -0.15) is 12.6 Å². The molecule has 2 rings (SSSR count). The summed E-state index contributed by atoms with van der Waals surface area (Å²) in [6.45, 7) is 0.896. The number of thiol groups is 1. The summed E-state index contributed by atoms with van der Waals surface area (Å²) in [4.78, 5) is 11.5. The van der Waals surface area contributed by atoms with E-state index in [1.165, 1.54) is 32.1 Å². The topological polar surface area (TPSA) is 29.1 Å². The Labute approximate surface area is 110 Å². The average Bonchev–Trinajstić information content (AvgIpc) is 2.91. The van der Waals surface area contributed by atoms with Crippen molar-refractivity contribution < 1.29 is 4.79 Å². The van der Waals surface area contributed by atoms with Crippen LogP contribution in [0.25, 0.3) is 0 Å². The van der Waals surface area contributed by atoms with Gasteiger partial charge in [0.25, 0.3) is 0 Å². The van der Waals surface area contributed by atoms with Gasteiger partial charge in [-0.05, 0) is 62.0 Å². The molecule has 98 valence electrons. The molecular weight excluding hydrogens is 230 g/mol. The second-order valence-corrected chi connectivity index (χ2v) is 6.20. The molecule has 0 heterocycles. The van der Waals surface area contributed by atoms with Crippen LogP contribution in [0, 0.1) is 17.8 Å². The Balaban J connectivity index is 1.52. The van der Waals surface area contributed by atoms with Crippen LogP contribution in [0.5, 0.6) is 0 Å². The minimum absolute atomic E-state index is 0.231. The SMILES string of the molecule is O=C(CCCCS)NCCC1CC2CCC1C2. The van der Waals surface area contributed by atoms with Gasteiger partial charge >= 0.3 is 0 Å². The Morgan fingerprint density at radius 2 is 2.12 bits per heavy atom. The molecule has 0 saturated heterocycles. The molecule has 0 spiro atoms. The monoisotopic (exact) mass is 255 g/mol. The molecule has 3 heteroatoms. The number of carbonyl (C=O) groups is 1. The zero-order chi connectivity index (χ0) is 12.1. The Hall–Kier alpha value is -0.180.